The summed E-state index contributed by atoms with van der Waals surface area (Å²) in [5.41, 5.74) is 0.864. The van der Waals surface area contributed by atoms with Crippen molar-refractivity contribution in [1.82, 2.24) is 5.32 Å². The van der Waals surface area contributed by atoms with Crippen LogP contribution in [-0.2, 0) is 11.3 Å². The zero-order valence-electron chi connectivity index (χ0n) is 11.7. The van der Waals surface area contributed by atoms with E-state index in [-0.39, 0.29) is 6.10 Å². The molecule has 0 aliphatic carbocycles. The second-order valence-corrected chi connectivity index (χ2v) is 5.86. The van der Waals surface area contributed by atoms with Crippen LogP contribution in [0.15, 0.2) is 24.3 Å². The van der Waals surface area contributed by atoms with Crippen LogP contribution in [0.5, 0.6) is 0 Å². The second kappa shape index (κ2) is 6.83. The fraction of sp³-hybridized carbons (Fsp3) is 0.400. The average Bonchev–Trinajstić information content (AvgIpc) is 2.77. The van der Waals surface area contributed by atoms with Gasteiger partial charge in [-0.25, -0.2) is 4.79 Å². The maximum Gasteiger partial charge on any atom is 0.346 e. The summed E-state index contributed by atoms with van der Waals surface area (Å²) in [6, 6.07) is 7.79. The summed E-state index contributed by atoms with van der Waals surface area (Å²) in [5, 5.41) is 13.6. The van der Waals surface area contributed by atoms with Gasteiger partial charge in [0.05, 0.1) is 12.7 Å². The molecule has 1 heterocycles. The highest BCUT2D eigenvalue weighted by Crippen LogP contribution is 2.31. The van der Waals surface area contributed by atoms with Crippen LogP contribution in [0.3, 0.4) is 0 Å². The molecule has 0 saturated carbocycles. The second-order valence-electron chi connectivity index (χ2n) is 4.81. The lowest BCUT2D eigenvalue weighted by molar-refractivity contribution is 0.0701. The van der Waals surface area contributed by atoms with Crippen LogP contribution >= 0.6 is 11.3 Å². The smallest absolute Gasteiger partial charge is 0.346 e. The van der Waals surface area contributed by atoms with Crippen molar-refractivity contribution in [2.24, 2.45) is 0 Å². The largest absolute Gasteiger partial charge is 0.477 e. The molecule has 20 heavy (non-hydrogen) atoms. The van der Waals surface area contributed by atoms with Gasteiger partial charge in [0.2, 0.25) is 0 Å². The van der Waals surface area contributed by atoms with Crippen molar-refractivity contribution in [2.75, 3.05) is 13.2 Å². The Balaban J connectivity index is 2.08. The van der Waals surface area contributed by atoms with Gasteiger partial charge >= 0.3 is 5.97 Å². The number of benzene rings is 1. The molecule has 0 radical (unpaired) electrons. The Kier molecular flexibility index (Phi) is 5.11. The van der Waals surface area contributed by atoms with Gasteiger partial charge in [-0.05, 0) is 30.9 Å². The first-order valence-electron chi connectivity index (χ1n) is 6.65. The minimum absolute atomic E-state index is 0.216. The van der Waals surface area contributed by atoms with Gasteiger partial charge in [-0.1, -0.05) is 18.2 Å². The topological polar surface area (TPSA) is 58.6 Å². The minimum atomic E-state index is -0.860. The highest BCUT2D eigenvalue weighted by Gasteiger charge is 2.16. The average molecular weight is 293 g/mol. The van der Waals surface area contributed by atoms with Crippen molar-refractivity contribution in [3.63, 3.8) is 0 Å². The number of ether oxygens (including phenoxy) is 1. The fourth-order valence-corrected chi connectivity index (χ4v) is 3.09. The van der Waals surface area contributed by atoms with E-state index in [0.717, 1.165) is 15.6 Å². The monoisotopic (exact) mass is 293 g/mol. The quantitative estimate of drug-likeness (QED) is 0.770. The Morgan fingerprint density at radius 3 is 2.85 bits per heavy atom. The molecule has 0 bridgehead atoms. The molecule has 2 aromatic rings. The Bertz CT molecular complexity index is 592. The molecule has 1 aromatic heterocycles. The summed E-state index contributed by atoms with van der Waals surface area (Å²) in [7, 11) is 0. The first-order chi connectivity index (χ1) is 9.59. The normalized spacial score (nSPS) is 11.3. The third-order valence-corrected chi connectivity index (χ3v) is 4.13. The third kappa shape index (κ3) is 3.56. The van der Waals surface area contributed by atoms with Crippen molar-refractivity contribution >= 4 is 27.4 Å². The van der Waals surface area contributed by atoms with Crippen LogP contribution in [-0.4, -0.2) is 30.3 Å². The molecule has 0 spiro atoms. The highest BCUT2D eigenvalue weighted by atomic mass is 32.1. The number of hydrogen-bond donors (Lipinski definition) is 2. The molecule has 2 rings (SSSR count). The number of hydrogen-bond acceptors (Lipinski definition) is 4. The van der Waals surface area contributed by atoms with Crippen LogP contribution in [0, 0.1) is 0 Å². The molecule has 0 saturated heterocycles. The van der Waals surface area contributed by atoms with Gasteiger partial charge in [-0.15, -0.1) is 11.3 Å². The summed E-state index contributed by atoms with van der Waals surface area (Å²) in [5.74, 6) is -0.860. The molecule has 0 aliphatic rings. The maximum atomic E-state index is 11.3. The van der Waals surface area contributed by atoms with E-state index in [1.165, 1.54) is 11.3 Å². The van der Waals surface area contributed by atoms with E-state index in [0.29, 0.717) is 24.6 Å². The van der Waals surface area contributed by atoms with Gasteiger partial charge in [-0.2, -0.15) is 0 Å². The molecular weight excluding hydrogens is 274 g/mol. The van der Waals surface area contributed by atoms with Gasteiger partial charge < -0.3 is 15.2 Å². The number of carbonyl (C=O) groups is 1. The van der Waals surface area contributed by atoms with E-state index >= 15 is 0 Å². The standard InChI is InChI=1S/C15H19NO3S/c1-10(2)19-8-7-16-9-12-11-5-3-4-6-13(11)20-14(12)15(17)18/h3-6,10,16H,7-9H2,1-2H3,(H,17,18). The Labute approximate surface area is 122 Å². The Morgan fingerprint density at radius 1 is 1.40 bits per heavy atom. The van der Waals surface area contributed by atoms with E-state index in [2.05, 4.69) is 5.32 Å². The molecule has 0 aliphatic heterocycles. The van der Waals surface area contributed by atoms with Crippen LogP contribution in [0.25, 0.3) is 10.1 Å². The van der Waals surface area contributed by atoms with Gasteiger partial charge in [0.25, 0.3) is 0 Å². The molecular formula is C15H19NO3S. The number of aromatic carboxylic acids is 1. The van der Waals surface area contributed by atoms with E-state index in [9.17, 15) is 9.90 Å². The highest BCUT2D eigenvalue weighted by molar-refractivity contribution is 7.21. The first-order valence-corrected chi connectivity index (χ1v) is 7.47. The van der Waals surface area contributed by atoms with E-state index in [1.54, 1.807) is 0 Å². The van der Waals surface area contributed by atoms with E-state index < -0.39 is 5.97 Å². The SMILES string of the molecule is CC(C)OCCNCc1c(C(=O)O)sc2ccccc12. The third-order valence-electron chi connectivity index (χ3n) is 2.92. The molecule has 1 aromatic carbocycles. The van der Waals surface area contributed by atoms with Crippen LogP contribution in [0.4, 0.5) is 0 Å². The summed E-state index contributed by atoms with van der Waals surface area (Å²) in [4.78, 5) is 11.7. The maximum absolute atomic E-state index is 11.3. The van der Waals surface area contributed by atoms with Crippen molar-refractivity contribution in [3.05, 3.63) is 34.7 Å². The van der Waals surface area contributed by atoms with Crippen LogP contribution in [0.1, 0.15) is 29.1 Å². The zero-order chi connectivity index (χ0) is 14.5. The summed E-state index contributed by atoms with van der Waals surface area (Å²) in [6.07, 6.45) is 0.216. The van der Waals surface area contributed by atoms with Crippen LogP contribution < -0.4 is 5.32 Å². The van der Waals surface area contributed by atoms with Crippen molar-refractivity contribution < 1.29 is 14.6 Å². The molecule has 0 fully saturated rings. The summed E-state index contributed by atoms with van der Waals surface area (Å²) >= 11 is 1.33. The number of fused-ring (bicyclic) bond motifs is 1. The van der Waals surface area contributed by atoms with E-state index in [1.807, 2.05) is 38.1 Å². The number of carboxylic acids is 1. The lowest BCUT2D eigenvalue weighted by Crippen LogP contribution is -2.21. The molecule has 108 valence electrons. The molecule has 5 heteroatoms. The van der Waals surface area contributed by atoms with Crippen molar-refractivity contribution in [3.8, 4) is 0 Å². The zero-order valence-corrected chi connectivity index (χ0v) is 12.5. The molecule has 0 amide bonds. The van der Waals surface area contributed by atoms with Gasteiger partial charge in [0.15, 0.2) is 0 Å². The van der Waals surface area contributed by atoms with Gasteiger partial charge in [-0.3, -0.25) is 0 Å². The Morgan fingerprint density at radius 2 is 2.15 bits per heavy atom. The molecule has 0 unspecified atom stereocenters. The van der Waals surface area contributed by atoms with Crippen molar-refractivity contribution in [1.29, 1.82) is 0 Å². The summed E-state index contributed by atoms with van der Waals surface area (Å²) in [6.45, 7) is 5.88. The number of thiophene rings is 1. The minimum Gasteiger partial charge on any atom is -0.477 e. The lowest BCUT2D eigenvalue weighted by Gasteiger charge is -2.08. The first kappa shape index (κ1) is 15.0. The fourth-order valence-electron chi connectivity index (χ4n) is 2.03. The number of carboxylic acid groups (broad SMARTS) is 1. The number of rotatable bonds is 7. The lowest BCUT2D eigenvalue weighted by atomic mass is 10.1. The molecule has 2 N–H and O–H groups in total. The molecule has 0 atom stereocenters. The predicted octanol–water partition coefficient (Wildman–Crippen LogP) is 3.11. The summed E-state index contributed by atoms with van der Waals surface area (Å²) < 4.78 is 6.46. The van der Waals surface area contributed by atoms with Gasteiger partial charge in [0.1, 0.15) is 4.88 Å². The van der Waals surface area contributed by atoms with E-state index in [4.69, 9.17) is 4.74 Å². The van der Waals surface area contributed by atoms with Crippen LogP contribution in [0.2, 0.25) is 0 Å². The predicted molar refractivity (Wildman–Crippen MR) is 81.6 cm³/mol. The number of nitrogens with one attached hydrogen (secondary N) is 1. The van der Waals surface area contributed by atoms with Crippen molar-refractivity contribution in [2.45, 2.75) is 26.5 Å². The Hall–Kier alpha value is -1.43. The molecule has 4 nitrogen and oxygen atoms in total. The van der Waals surface area contributed by atoms with Gasteiger partial charge in [0, 0.05) is 17.8 Å².